The van der Waals surface area contributed by atoms with Crippen molar-refractivity contribution >= 4 is 47.8 Å². The van der Waals surface area contributed by atoms with Gasteiger partial charge in [-0.25, -0.2) is 0 Å². The van der Waals surface area contributed by atoms with E-state index in [9.17, 15) is 5.11 Å². The second-order valence-electron chi connectivity index (χ2n) is 44.2. The Kier molecular flexibility index (Phi) is 42.7. The van der Waals surface area contributed by atoms with Crippen LogP contribution in [0.3, 0.4) is 0 Å². The van der Waals surface area contributed by atoms with Crippen LogP contribution in [-0.2, 0) is 38.4 Å². The molecule has 17 nitrogen and oxygen atoms in total. The quantitative estimate of drug-likeness (QED) is 0.0246. The number of aliphatic hydroxyl groups excluding tert-OH is 1. The standard InChI is InChI=1S/C108H168O17/c1-28-31-34-37-40-45-50-55-60-73-77-65-79(87(120-95(112)103(10,11)12)69-85(77)118-93(110)101(4,5)6)74(61-56-51-46-41-38-35-32-29-2)81-67-83(91(124-99(116)107(22,23)24)71-89(81)122-97(114)105(16,17)18)76(63-58-53-48-43-44-49-54-59-64-109)84-68-82(90(123-98(115)106(19,20)21)72-92(84)125-100(117)108(25,26)27)75(62-57-52-47-42-39-36-33-30-3)80-66-78(73)86(119-94(111)102(7,8)9)70-88(80)121-96(113)104(13,14)15/h65-76,109H,28-64H2,1-27H3. The first-order valence-corrected chi connectivity index (χ1v) is 48.4. The normalized spacial score (nSPS) is 15.4. The number of hydrogen-bond acceptors (Lipinski definition) is 17. The summed E-state index contributed by atoms with van der Waals surface area (Å²) in [4.78, 5) is 123. The van der Waals surface area contributed by atoms with Gasteiger partial charge in [0, 0.05) is 99.1 Å². The first-order chi connectivity index (χ1) is 58.3. The van der Waals surface area contributed by atoms with Crippen molar-refractivity contribution in [2.45, 2.75) is 442 Å². The van der Waals surface area contributed by atoms with E-state index in [0.717, 1.165) is 180 Å². The molecule has 5 rings (SSSR count). The summed E-state index contributed by atoms with van der Waals surface area (Å²) < 4.78 is 55.8. The van der Waals surface area contributed by atoms with E-state index < -0.39 is 115 Å². The lowest BCUT2D eigenvalue weighted by atomic mass is 9.76. The summed E-state index contributed by atoms with van der Waals surface area (Å²) in [7, 11) is 0. The predicted octanol–water partition coefficient (Wildman–Crippen LogP) is 29.2. The lowest BCUT2D eigenvalue weighted by molar-refractivity contribution is -0.144. The van der Waals surface area contributed by atoms with E-state index in [1.807, 2.05) is 24.3 Å². The molecule has 2 unspecified atom stereocenters. The first kappa shape index (κ1) is 108. The van der Waals surface area contributed by atoms with Crippen molar-refractivity contribution in [3.8, 4) is 46.0 Å². The lowest BCUT2D eigenvalue weighted by Crippen LogP contribution is -2.29. The van der Waals surface area contributed by atoms with Gasteiger partial charge in [0.2, 0.25) is 0 Å². The molecule has 0 saturated carbocycles. The molecule has 125 heavy (non-hydrogen) atoms. The van der Waals surface area contributed by atoms with Gasteiger partial charge in [-0.2, -0.15) is 0 Å². The molecule has 0 spiro atoms. The Bertz CT molecular complexity index is 3440. The van der Waals surface area contributed by atoms with Gasteiger partial charge in [-0.1, -0.05) is 220 Å². The molecule has 0 heterocycles. The summed E-state index contributed by atoms with van der Waals surface area (Å²) >= 11 is 0. The number of fused-ring (bicyclic) bond motifs is 8. The molecule has 0 saturated heterocycles. The zero-order valence-electron chi connectivity index (χ0n) is 83.1. The Morgan fingerprint density at radius 2 is 0.320 bits per heavy atom. The maximum atomic E-state index is 15.4. The highest BCUT2D eigenvalue weighted by Gasteiger charge is 2.42. The van der Waals surface area contributed by atoms with Gasteiger partial charge >= 0.3 is 47.8 Å². The minimum Gasteiger partial charge on any atom is -0.426 e. The number of unbranched alkanes of at least 4 members (excludes halogenated alkanes) is 28. The second-order valence-corrected chi connectivity index (χ2v) is 44.2. The van der Waals surface area contributed by atoms with Gasteiger partial charge in [-0.15, -0.1) is 0 Å². The third-order valence-electron chi connectivity index (χ3n) is 23.5. The van der Waals surface area contributed by atoms with E-state index in [2.05, 4.69) is 20.8 Å². The number of hydrogen-bond donors (Lipinski definition) is 1. The van der Waals surface area contributed by atoms with E-state index >= 15 is 38.4 Å². The molecule has 702 valence electrons. The zero-order valence-corrected chi connectivity index (χ0v) is 83.1. The maximum absolute atomic E-state index is 15.4. The van der Waals surface area contributed by atoms with Crippen molar-refractivity contribution < 1.29 is 81.4 Å². The molecule has 4 aromatic carbocycles. The van der Waals surface area contributed by atoms with Crippen LogP contribution in [0.1, 0.15) is 486 Å². The number of benzene rings is 4. The summed E-state index contributed by atoms with van der Waals surface area (Å²) in [5.41, 5.74) is -5.10. The second kappa shape index (κ2) is 49.4. The van der Waals surface area contributed by atoms with Crippen molar-refractivity contribution in [1.29, 1.82) is 0 Å². The molecule has 1 N–H and O–H groups in total. The third-order valence-corrected chi connectivity index (χ3v) is 23.5. The van der Waals surface area contributed by atoms with Crippen LogP contribution >= 0.6 is 0 Å². The van der Waals surface area contributed by atoms with Crippen LogP contribution in [0.5, 0.6) is 46.0 Å². The van der Waals surface area contributed by atoms with Crippen molar-refractivity contribution in [3.05, 3.63) is 93.0 Å². The van der Waals surface area contributed by atoms with Crippen molar-refractivity contribution in [1.82, 2.24) is 0 Å². The van der Waals surface area contributed by atoms with Gasteiger partial charge in [0.15, 0.2) is 0 Å². The van der Waals surface area contributed by atoms with Crippen LogP contribution in [-0.4, -0.2) is 59.5 Å². The number of rotatable bonds is 45. The molecule has 0 amide bonds. The molecular weight excluding hydrogens is 1570 g/mol. The van der Waals surface area contributed by atoms with E-state index in [1.54, 1.807) is 190 Å². The maximum Gasteiger partial charge on any atom is 0.316 e. The lowest BCUT2D eigenvalue weighted by Gasteiger charge is -2.33. The number of carbonyl (C=O) groups is 8. The van der Waals surface area contributed by atoms with Crippen molar-refractivity contribution in [3.63, 3.8) is 0 Å². The Hall–Kier alpha value is -7.40. The van der Waals surface area contributed by atoms with Crippen molar-refractivity contribution in [2.24, 2.45) is 43.3 Å². The molecule has 17 heteroatoms. The van der Waals surface area contributed by atoms with Crippen LogP contribution in [0.2, 0.25) is 0 Å². The summed E-state index contributed by atoms with van der Waals surface area (Å²) in [5, 5.41) is 9.73. The molecule has 0 radical (unpaired) electrons. The Morgan fingerprint density at radius 3 is 0.440 bits per heavy atom. The molecule has 0 aromatic heterocycles. The molecular formula is C108H168O17. The average Bonchev–Trinajstić information content (AvgIpc) is 0.739. The van der Waals surface area contributed by atoms with Crippen LogP contribution in [0.25, 0.3) is 0 Å². The average molecular weight is 1740 g/mol. The highest BCUT2D eigenvalue weighted by atomic mass is 16.6. The molecule has 0 fully saturated rings. The highest BCUT2D eigenvalue weighted by Crippen LogP contribution is 2.56. The Balaban J connectivity index is 2.46. The number of esters is 8. The summed E-state index contributed by atoms with van der Waals surface area (Å²) in [6, 6.07) is 14.6. The van der Waals surface area contributed by atoms with Gasteiger partial charge in [-0.05, 0) is 223 Å². The van der Waals surface area contributed by atoms with Gasteiger partial charge in [0.05, 0.1) is 43.3 Å². The fraction of sp³-hybridized carbons (Fsp3) is 0.704. The number of aliphatic hydroxyl groups is 1. The molecule has 2 atom stereocenters. The number of carbonyl (C=O) groups excluding carboxylic acids is 8. The molecule has 8 bridgehead atoms. The van der Waals surface area contributed by atoms with Crippen LogP contribution < -0.4 is 37.9 Å². The van der Waals surface area contributed by atoms with Gasteiger partial charge < -0.3 is 43.0 Å². The topological polar surface area (TPSA) is 231 Å². The fourth-order valence-corrected chi connectivity index (χ4v) is 15.2. The summed E-state index contributed by atoms with van der Waals surface area (Å²) in [6.45, 7) is 49.4. The molecule has 0 aliphatic heterocycles. The van der Waals surface area contributed by atoms with Gasteiger partial charge in [0.25, 0.3) is 0 Å². The van der Waals surface area contributed by atoms with E-state index in [-0.39, 0.29) is 52.6 Å². The Labute approximate surface area is 755 Å². The summed E-state index contributed by atoms with van der Waals surface area (Å²) in [5.74, 6) is -7.74. The first-order valence-electron chi connectivity index (χ1n) is 48.4. The van der Waals surface area contributed by atoms with Gasteiger partial charge in [0.1, 0.15) is 46.0 Å². The number of ether oxygens (including phenoxy) is 8. The fourth-order valence-electron chi connectivity index (χ4n) is 15.2. The minimum absolute atomic E-state index is 0.0657. The summed E-state index contributed by atoms with van der Waals surface area (Å²) in [6.07, 6.45) is 31.0. The van der Waals surface area contributed by atoms with Gasteiger partial charge in [-0.3, -0.25) is 38.4 Å². The van der Waals surface area contributed by atoms with E-state index in [0.29, 0.717) is 95.9 Å². The predicted molar refractivity (Wildman–Crippen MR) is 504 cm³/mol. The Morgan fingerprint density at radius 1 is 0.200 bits per heavy atom. The van der Waals surface area contributed by atoms with Crippen LogP contribution in [0.15, 0.2) is 48.5 Å². The smallest absolute Gasteiger partial charge is 0.316 e. The van der Waals surface area contributed by atoms with Crippen LogP contribution in [0.4, 0.5) is 0 Å². The molecule has 1 aliphatic rings. The molecule has 4 aromatic rings. The van der Waals surface area contributed by atoms with Crippen LogP contribution in [0, 0.1) is 43.3 Å². The minimum atomic E-state index is -1.11. The SMILES string of the molecule is CCCCCCCCCCC1c2cc(c(OC(=O)C(C)(C)C)cc2OC(=O)C(C)(C)C)C(CCCCCCCCCC)c2cc(c(OC(=O)C(C)(C)C)cc2OC(=O)C(C)(C)C)C(CCCCCCCCCCO)c2cc(c(OC(=O)C(C)(C)C)cc2OC(=O)C(C)(C)C)C(CCCCCCCCCC)c2cc1c(OC(=O)C(C)(C)C)cc2OC(=O)C(C)(C)C. The van der Waals surface area contributed by atoms with E-state index in [4.69, 9.17) is 37.9 Å². The van der Waals surface area contributed by atoms with Crippen molar-refractivity contribution in [2.75, 3.05) is 6.61 Å². The largest absolute Gasteiger partial charge is 0.426 e. The third kappa shape index (κ3) is 34.9. The van der Waals surface area contributed by atoms with E-state index in [1.165, 1.54) is 0 Å². The highest BCUT2D eigenvalue weighted by molar-refractivity contribution is 5.85. The molecule has 1 aliphatic carbocycles. The zero-order chi connectivity index (χ0) is 93.6. The monoisotopic (exact) mass is 1740 g/mol.